The van der Waals surface area contributed by atoms with E-state index in [1.165, 1.54) is 28.5 Å². The molecule has 2 aliphatic heterocycles. The van der Waals surface area contributed by atoms with Crippen LogP contribution >= 0.6 is 35.3 Å². The normalized spacial score (nSPS) is 19.6. The van der Waals surface area contributed by atoms with Crippen LogP contribution in [0.1, 0.15) is 28.8 Å². The van der Waals surface area contributed by atoms with E-state index in [4.69, 9.17) is 11.6 Å². The largest absolute Gasteiger partial charge is 0.313 e. The number of hydrogen-bond donors (Lipinski definition) is 2. The monoisotopic (exact) mass is 487 g/mol. The first-order valence-electron chi connectivity index (χ1n) is 9.51. The first-order valence-corrected chi connectivity index (χ1v) is 12.2. The van der Waals surface area contributed by atoms with E-state index in [9.17, 15) is 13.2 Å². The van der Waals surface area contributed by atoms with Crippen LogP contribution < -0.4 is 14.9 Å². The molecule has 1 saturated heterocycles. The second-order valence-electron chi connectivity index (χ2n) is 7.17. The minimum Gasteiger partial charge on any atom is -0.313 e. The predicted octanol–water partition coefficient (Wildman–Crippen LogP) is 3.55. The molecular formula is C20H23Cl2N3O3S2. The predicted molar refractivity (Wildman–Crippen MR) is 125 cm³/mol. The summed E-state index contributed by atoms with van der Waals surface area (Å²) in [7, 11) is -3.74. The molecule has 0 radical (unpaired) electrons. The first kappa shape index (κ1) is 23.2. The van der Waals surface area contributed by atoms with Crippen LogP contribution in [0.3, 0.4) is 0 Å². The zero-order valence-electron chi connectivity index (χ0n) is 16.1. The van der Waals surface area contributed by atoms with Gasteiger partial charge in [-0.3, -0.25) is 4.79 Å². The highest BCUT2D eigenvalue weighted by Gasteiger charge is 2.35. The Morgan fingerprint density at radius 2 is 2.07 bits per heavy atom. The number of carbonyl (C=O) groups excluding carboxylic acids is 1. The van der Waals surface area contributed by atoms with Gasteiger partial charge in [0.1, 0.15) is 6.04 Å². The molecule has 1 amide bonds. The maximum absolute atomic E-state index is 12.8. The van der Waals surface area contributed by atoms with Crippen molar-refractivity contribution in [2.24, 2.45) is 0 Å². The SMILES string of the molecule is Cl.O=C1[C@@H](NS(=O)(=O)/C=C/c2ccc(Cl)s2)CCN1c1ccc2c(c1)CNCCC2. The third kappa shape index (κ3) is 5.43. The minimum atomic E-state index is -3.74. The molecule has 1 atom stereocenters. The molecule has 1 aromatic heterocycles. The molecule has 162 valence electrons. The fourth-order valence-electron chi connectivity index (χ4n) is 3.67. The molecule has 2 N–H and O–H groups in total. The van der Waals surface area contributed by atoms with Gasteiger partial charge in [0.25, 0.3) is 0 Å². The first-order chi connectivity index (χ1) is 13.9. The number of sulfonamides is 1. The highest BCUT2D eigenvalue weighted by atomic mass is 35.5. The Morgan fingerprint density at radius 1 is 1.23 bits per heavy atom. The Labute approximate surface area is 191 Å². The molecule has 1 fully saturated rings. The molecule has 3 heterocycles. The van der Waals surface area contributed by atoms with Crippen LogP contribution in [0.25, 0.3) is 6.08 Å². The zero-order chi connectivity index (χ0) is 20.4. The van der Waals surface area contributed by atoms with Crippen LogP contribution in [0.5, 0.6) is 0 Å². The average Bonchev–Trinajstić information content (AvgIpc) is 3.17. The van der Waals surface area contributed by atoms with Gasteiger partial charge < -0.3 is 10.2 Å². The van der Waals surface area contributed by atoms with Crippen molar-refractivity contribution in [3.8, 4) is 0 Å². The van der Waals surface area contributed by atoms with Gasteiger partial charge in [-0.1, -0.05) is 17.7 Å². The Balaban J connectivity index is 0.00000256. The molecule has 0 spiro atoms. The van der Waals surface area contributed by atoms with Crippen LogP contribution in [0.4, 0.5) is 5.69 Å². The van der Waals surface area contributed by atoms with Gasteiger partial charge in [-0.15, -0.1) is 23.7 Å². The summed E-state index contributed by atoms with van der Waals surface area (Å²) in [4.78, 5) is 15.2. The number of aryl methyl sites for hydroxylation is 1. The van der Waals surface area contributed by atoms with Crippen molar-refractivity contribution in [2.45, 2.75) is 31.8 Å². The van der Waals surface area contributed by atoms with Crippen molar-refractivity contribution < 1.29 is 13.2 Å². The molecule has 30 heavy (non-hydrogen) atoms. The molecule has 10 heteroatoms. The minimum absolute atomic E-state index is 0. The molecule has 0 bridgehead atoms. The van der Waals surface area contributed by atoms with Crippen LogP contribution in [0.15, 0.2) is 35.7 Å². The van der Waals surface area contributed by atoms with Crippen LogP contribution in [-0.2, 0) is 27.8 Å². The lowest BCUT2D eigenvalue weighted by atomic mass is 10.0. The molecular weight excluding hydrogens is 465 g/mol. The fraction of sp³-hybridized carbons (Fsp3) is 0.350. The Morgan fingerprint density at radius 3 is 2.83 bits per heavy atom. The quantitative estimate of drug-likeness (QED) is 0.675. The lowest BCUT2D eigenvalue weighted by Crippen LogP contribution is -2.40. The van der Waals surface area contributed by atoms with E-state index in [2.05, 4.69) is 16.1 Å². The molecule has 6 nitrogen and oxygen atoms in total. The van der Waals surface area contributed by atoms with E-state index in [0.717, 1.165) is 41.9 Å². The average molecular weight is 488 g/mol. The van der Waals surface area contributed by atoms with Crippen molar-refractivity contribution in [3.63, 3.8) is 0 Å². The van der Waals surface area contributed by atoms with Gasteiger partial charge in [0, 0.05) is 29.1 Å². The van der Waals surface area contributed by atoms with E-state index in [1.807, 2.05) is 12.1 Å². The van der Waals surface area contributed by atoms with Crippen molar-refractivity contribution in [2.75, 3.05) is 18.0 Å². The lowest BCUT2D eigenvalue weighted by molar-refractivity contribution is -0.118. The second-order valence-corrected chi connectivity index (χ2v) is 10.5. The van der Waals surface area contributed by atoms with Crippen LogP contribution in [0, 0.1) is 0 Å². The maximum atomic E-state index is 12.8. The van der Waals surface area contributed by atoms with E-state index in [1.54, 1.807) is 17.0 Å². The number of nitrogens with one attached hydrogen (secondary N) is 2. The smallest absolute Gasteiger partial charge is 0.245 e. The van der Waals surface area contributed by atoms with Crippen LogP contribution in [-0.4, -0.2) is 33.5 Å². The topological polar surface area (TPSA) is 78.5 Å². The lowest BCUT2D eigenvalue weighted by Gasteiger charge is -2.19. The number of thiophene rings is 1. The van der Waals surface area contributed by atoms with Gasteiger partial charge in [0.05, 0.1) is 4.34 Å². The van der Waals surface area contributed by atoms with Gasteiger partial charge in [0.2, 0.25) is 15.9 Å². The Bertz CT molecular complexity index is 1050. The fourth-order valence-corrected chi connectivity index (χ4v) is 5.74. The number of benzene rings is 1. The molecule has 0 aliphatic carbocycles. The number of hydrogen-bond acceptors (Lipinski definition) is 5. The highest BCUT2D eigenvalue weighted by molar-refractivity contribution is 7.92. The van der Waals surface area contributed by atoms with E-state index < -0.39 is 16.1 Å². The summed E-state index contributed by atoms with van der Waals surface area (Å²) in [5.41, 5.74) is 3.33. The summed E-state index contributed by atoms with van der Waals surface area (Å²) in [6, 6.07) is 8.78. The highest BCUT2D eigenvalue weighted by Crippen LogP contribution is 2.27. The van der Waals surface area contributed by atoms with Gasteiger partial charge in [0.15, 0.2) is 0 Å². The second kappa shape index (κ2) is 9.80. The van der Waals surface area contributed by atoms with Crippen molar-refractivity contribution >= 4 is 63.0 Å². The van der Waals surface area contributed by atoms with E-state index >= 15 is 0 Å². The zero-order valence-corrected chi connectivity index (χ0v) is 19.3. The standard InChI is InChI=1S/C20H22ClN3O3S2.ClH/c21-19-6-5-17(28-19)8-11-29(26,27)23-18-7-10-24(20(18)25)16-4-3-14-2-1-9-22-13-15(14)12-16;/h3-6,8,11-12,18,22-23H,1-2,7,9-10,13H2;1H/b11-8+;/t18-;/m0./s1. The van der Waals surface area contributed by atoms with Crippen molar-refractivity contribution in [1.29, 1.82) is 0 Å². The van der Waals surface area contributed by atoms with Gasteiger partial charge in [-0.05, 0) is 67.3 Å². The van der Waals surface area contributed by atoms with Crippen LogP contribution in [0.2, 0.25) is 4.34 Å². The summed E-state index contributed by atoms with van der Waals surface area (Å²) in [5, 5.41) is 4.47. The summed E-state index contributed by atoms with van der Waals surface area (Å²) in [6.07, 6.45) is 4.05. The number of anilines is 1. The molecule has 2 aromatic rings. The number of rotatable bonds is 5. The Kier molecular flexibility index (Phi) is 7.60. The molecule has 0 unspecified atom stereocenters. The maximum Gasteiger partial charge on any atom is 0.245 e. The third-order valence-electron chi connectivity index (χ3n) is 5.13. The summed E-state index contributed by atoms with van der Waals surface area (Å²) in [5.74, 6) is -0.220. The third-order valence-corrected chi connectivity index (χ3v) is 7.44. The van der Waals surface area contributed by atoms with Crippen molar-refractivity contribution in [1.82, 2.24) is 10.0 Å². The number of nitrogens with zero attached hydrogens (tertiary/aromatic N) is 1. The summed E-state index contributed by atoms with van der Waals surface area (Å²) < 4.78 is 27.9. The molecule has 1 aromatic carbocycles. The number of carbonyl (C=O) groups is 1. The van der Waals surface area contributed by atoms with E-state index in [-0.39, 0.29) is 18.3 Å². The number of amides is 1. The molecule has 2 aliphatic rings. The summed E-state index contributed by atoms with van der Waals surface area (Å²) in [6.45, 7) is 2.27. The number of halogens is 2. The molecule has 4 rings (SSSR count). The number of fused-ring (bicyclic) bond motifs is 1. The van der Waals surface area contributed by atoms with Gasteiger partial charge in [-0.2, -0.15) is 4.72 Å². The van der Waals surface area contributed by atoms with Gasteiger partial charge >= 0.3 is 0 Å². The summed E-state index contributed by atoms with van der Waals surface area (Å²) >= 11 is 7.15. The Hall–Kier alpha value is -1.42. The van der Waals surface area contributed by atoms with E-state index in [0.29, 0.717) is 17.3 Å². The molecule has 0 saturated carbocycles. The van der Waals surface area contributed by atoms with Crippen molar-refractivity contribution in [3.05, 3.63) is 56.1 Å². The van der Waals surface area contributed by atoms with Gasteiger partial charge in [-0.25, -0.2) is 8.42 Å².